The predicted molar refractivity (Wildman–Crippen MR) is 86.9 cm³/mol. The van der Waals surface area contributed by atoms with Crippen molar-refractivity contribution in [2.75, 3.05) is 5.32 Å². The first-order valence-electron chi connectivity index (χ1n) is 6.83. The van der Waals surface area contributed by atoms with E-state index in [2.05, 4.69) is 19.2 Å². The number of hydrogen-bond acceptors (Lipinski definition) is 2. The summed E-state index contributed by atoms with van der Waals surface area (Å²) < 4.78 is 0. The van der Waals surface area contributed by atoms with Gasteiger partial charge in [-0.3, -0.25) is 0 Å². The molecule has 0 heterocycles. The molecule has 0 aromatic heterocycles. The van der Waals surface area contributed by atoms with E-state index in [1.54, 1.807) is 0 Å². The molecule has 2 rings (SSSR count). The summed E-state index contributed by atoms with van der Waals surface area (Å²) in [5.74, 6) is 1.51. The van der Waals surface area contributed by atoms with Crippen molar-refractivity contribution in [2.45, 2.75) is 39.2 Å². The highest BCUT2D eigenvalue weighted by Crippen LogP contribution is 2.32. The van der Waals surface area contributed by atoms with Crippen LogP contribution in [0.3, 0.4) is 0 Å². The average Bonchev–Trinajstić information content (AvgIpc) is 2.34. The second-order valence-corrected chi connectivity index (χ2v) is 6.55. The van der Waals surface area contributed by atoms with E-state index in [0.717, 1.165) is 17.2 Å². The van der Waals surface area contributed by atoms with Crippen molar-refractivity contribution in [1.29, 1.82) is 0 Å². The lowest BCUT2D eigenvalue weighted by atomic mass is 9.80. The SMILES string of the molecule is CC1CCC(Nc2ccc(C(N)=S)cc2Cl)C(C)C1. The summed E-state index contributed by atoms with van der Waals surface area (Å²) >= 11 is 11.2. The zero-order valence-electron chi connectivity index (χ0n) is 11.4. The Morgan fingerprint density at radius 3 is 2.68 bits per heavy atom. The van der Waals surface area contributed by atoms with Crippen molar-refractivity contribution in [3.63, 3.8) is 0 Å². The third-order valence-electron chi connectivity index (χ3n) is 4.03. The van der Waals surface area contributed by atoms with E-state index in [1.165, 1.54) is 19.3 Å². The molecule has 0 spiro atoms. The fourth-order valence-electron chi connectivity index (χ4n) is 2.86. The van der Waals surface area contributed by atoms with Gasteiger partial charge in [-0.1, -0.05) is 37.7 Å². The number of nitrogens with one attached hydrogen (secondary N) is 1. The Balaban J connectivity index is 2.09. The monoisotopic (exact) mass is 296 g/mol. The van der Waals surface area contributed by atoms with Crippen molar-refractivity contribution >= 4 is 34.5 Å². The molecule has 1 aliphatic rings. The van der Waals surface area contributed by atoms with Crippen LogP contribution >= 0.6 is 23.8 Å². The minimum absolute atomic E-state index is 0.383. The maximum Gasteiger partial charge on any atom is 0.104 e. The van der Waals surface area contributed by atoms with Gasteiger partial charge in [0, 0.05) is 11.6 Å². The molecule has 19 heavy (non-hydrogen) atoms. The van der Waals surface area contributed by atoms with Crippen molar-refractivity contribution in [3.8, 4) is 0 Å². The molecule has 1 aliphatic carbocycles. The van der Waals surface area contributed by atoms with Gasteiger partial charge in [-0.15, -0.1) is 0 Å². The van der Waals surface area contributed by atoms with Gasteiger partial charge in [-0.05, 0) is 49.3 Å². The Bertz CT molecular complexity index is 475. The highest BCUT2D eigenvalue weighted by molar-refractivity contribution is 7.80. The van der Waals surface area contributed by atoms with Crippen molar-refractivity contribution in [1.82, 2.24) is 0 Å². The maximum atomic E-state index is 6.29. The smallest absolute Gasteiger partial charge is 0.104 e. The van der Waals surface area contributed by atoms with Crippen LogP contribution in [-0.2, 0) is 0 Å². The zero-order chi connectivity index (χ0) is 14.0. The molecular weight excluding hydrogens is 276 g/mol. The van der Waals surface area contributed by atoms with Gasteiger partial charge in [-0.2, -0.15) is 0 Å². The van der Waals surface area contributed by atoms with Gasteiger partial charge in [0.2, 0.25) is 0 Å². The van der Waals surface area contributed by atoms with Crippen LogP contribution in [-0.4, -0.2) is 11.0 Å². The van der Waals surface area contributed by atoms with Gasteiger partial charge >= 0.3 is 0 Å². The van der Waals surface area contributed by atoms with Crippen LogP contribution in [0.1, 0.15) is 38.7 Å². The van der Waals surface area contributed by atoms with E-state index in [-0.39, 0.29) is 0 Å². The Morgan fingerprint density at radius 1 is 1.37 bits per heavy atom. The predicted octanol–water partition coefficient (Wildman–Crippen LogP) is 4.21. The van der Waals surface area contributed by atoms with Crippen LogP contribution in [0.15, 0.2) is 18.2 Å². The molecule has 3 unspecified atom stereocenters. The molecule has 104 valence electrons. The van der Waals surface area contributed by atoms with Crippen molar-refractivity contribution in [3.05, 3.63) is 28.8 Å². The molecule has 1 aromatic carbocycles. The average molecular weight is 297 g/mol. The summed E-state index contributed by atoms with van der Waals surface area (Å²) in [5, 5.41) is 4.26. The molecular formula is C15H21ClN2S. The molecule has 0 radical (unpaired) electrons. The molecule has 3 atom stereocenters. The number of benzene rings is 1. The van der Waals surface area contributed by atoms with Crippen LogP contribution in [0.5, 0.6) is 0 Å². The van der Waals surface area contributed by atoms with Gasteiger partial charge in [0.25, 0.3) is 0 Å². The molecule has 0 aliphatic heterocycles. The zero-order valence-corrected chi connectivity index (χ0v) is 13.0. The first-order valence-corrected chi connectivity index (χ1v) is 7.62. The van der Waals surface area contributed by atoms with Crippen molar-refractivity contribution in [2.24, 2.45) is 17.6 Å². The van der Waals surface area contributed by atoms with Crippen LogP contribution in [0.25, 0.3) is 0 Å². The summed E-state index contributed by atoms with van der Waals surface area (Å²) in [4.78, 5) is 0.383. The van der Waals surface area contributed by atoms with E-state index >= 15 is 0 Å². The Kier molecular flexibility index (Phi) is 4.69. The van der Waals surface area contributed by atoms with E-state index in [9.17, 15) is 0 Å². The van der Waals surface area contributed by atoms with Gasteiger partial charge in [-0.25, -0.2) is 0 Å². The number of hydrogen-bond donors (Lipinski definition) is 2. The van der Waals surface area contributed by atoms with E-state index in [1.807, 2.05) is 18.2 Å². The van der Waals surface area contributed by atoms with E-state index in [4.69, 9.17) is 29.6 Å². The largest absolute Gasteiger partial charge is 0.389 e. The van der Waals surface area contributed by atoms with Crippen molar-refractivity contribution < 1.29 is 0 Å². The lowest BCUT2D eigenvalue weighted by Gasteiger charge is -2.34. The second-order valence-electron chi connectivity index (χ2n) is 5.71. The summed E-state index contributed by atoms with van der Waals surface area (Å²) in [6, 6.07) is 6.24. The third-order valence-corrected chi connectivity index (χ3v) is 4.57. The van der Waals surface area contributed by atoms with Crippen LogP contribution in [0.2, 0.25) is 5.02 Å². The summed E-state index contributed by atoms with van der Waals surface area (Å²) in [6.45, 7) is 4.64. The number of thiocarbonyl (C=S) groups is 1. The fraction of sp³-hybridized carbons (Fsp3) is 0.533. The lowest BCUT2D eigenvalue weighted by molar-refractivity contribution is 0.276. The highest BCUT2D eigenvalue weighted by Gasteiger charge is 2.25. The molecule has 1 saturated carbocycles. The number of rotatable bonds is 3. The minimum atomic E-state index is 0.383. The summed E-state index contributed by atoms with van der Waals surface area (Å²) in [7, 11) is 0. The molecule has 0 saturated heterocycles. The fourth-order valence-corrected chi connectivity index (χ4v) is 3.23. The van der Waals surface area contributed by atoms with E-state index in [0.29, 0.717) is 22.0 Å². The van der Waals surface area contributed by atoms with Gasteiger partial charge in [0.05, 0.1) is 10.7 Å². The molecule has 1 aromatic rings. The topological polar surface area (TPSA) is 38.0 Å². The quantitative estimate of drug-likeness (QED) is 0.821. The molecule has 0 bridgehead atoms. The van der Waals surface area contributed by atoms with Gasteiger partial charge in [0.1, 0.15) is 4.99 Å². The summed E-state index contributed by atoms with van der Waals surface area (Å²) in [5.41, 5.74) is 7.40. The van der Waals surface area contributed by atoms with Crippen LogP contribution in [0.4, 0.5) is 5.69 Å². The number of halogens is 1. The Morgan fingerprint density at radius 2 is 2.11 bits per heavy atom. The number of nitrogens with two attached hydrogens (primary N) is 1. The van der Waals surface area contributed by atoms with Gasteiger partial charge < -0.3 is 11.1 Å². The molecule has 4 heteroatoms. The molecule has 1 fully saturated rings. The lowest BCUT2D eigenvalue weighted by Crippen LogP contribution is -2.33. The normalized spacial score (nSPS) is 27.0. The second kappa shape index (κ2) is 6.10. The minimum Gasteiger partial charge on any atom is -0.389 e. The third kappa shape index (κ3) is 3.61. The Hall–Kier alpha value is -0.800. The molecule has 0 amide bonds. The number of anilines is 1. The van der Waals surface area contributed by atoms with Crippen LogP contribution < -0.4 is 11.1 Å². The summed E-state index contributed by atoms with van der Waals surface area (Å²) in [6.07, 6.45) is 3.76. The molecule has 3 N–H and O–H groups in total. The molecule has 2 nitrogen and oxygen atoms in total. The highest BCUT2D eigenvalue weighted by atomic mass is 35.5. The van der Waals surface area contributed by atoms with Crippen LogP contribution in [0, 0.1) is 11.8 Å². The Labute approximate surface area is 125 Å². The van der Waals surface area contributed by atoms with E-state index < -0.39 is 0 Å². The first kappa shape index (κ1) is 14.6. The maximum absolute atomic E-state index is 6.29. The standard InChI is InChI=1S/C15H21ClN2S/c1-9-3-5-13(10(2)7-9)18-14-6-4-11(15(17)19)8-12(14)16/h4,6,8-10,13,18H,3,5,7H2,1-2H3,(H2,17,19). The first-order chi connectivity index (χ1) is 8.97. The van der Waals surface area contributed by atoms with Gasteiger partial charge in [0.15, 0.2) is 0 Å².